The van der Waals surface area contributed by atoms with Crippen LogP contribution in [0.4, 0.5) is 8.78 Å². The summed E-state index contributed by atoms with van der Waals surface area (Å²) in [5.74, 6) is -3.22. The van der Waals surface area contributed by atoms with Crippen LogP contribution in [0.3, 0.4) is 0 Å². The standard InChI is InChI=1S/C11H12F2O3/c1-6(3-10(14)15)8-4-7(12)5-9(13)11(8)16-2/h4-6H,3H2,1-2H3,(H,14,15). The predicted octanol–water partition coefficient (Wildman–Crippen LogP) is 2.55. The van der Waals surface area contributed by atoms with E-state index in [0.717, 1.165) is 6.07 Å². The van der Waals surface area contributed by atoms with Crippen LogP contribution in [0.25, 0.3) is 0 Å². The van der Waals surface area contributed by atoms with Gasteiger partial charge < -0.3 is 9.84 Å². The van der Waals surface area contributed by atoms with Crippen molar-refractivity contribution in [1.29, 1.82) is 0 Å². The number of carboxylic acid groups (broad SMARTS) is 1. The number of rotatable bonds is 4. The zero-order valence-electron chi connectivity index (χ0n) is 8.96. The molecule has 0 bridgehead atoms. The fourth-order valence-electron chi connectivity index (χ4n) is 1.53. The maximum absolute atomic E-state index is 13.3. The molecular formula is C11H12F2O3. The molecule has 0 saturated carbocycles. The molecule has 0 aromatic heterocycles. The number of carboxylic acids is 1. The monoisotopic (exact) mass is 230 g/mol. The summed E-state index contributed by atoms with van der Waals surface area (Å²) < 4.78 is 31.1. The molecule has 0 fully saturated rings. The molecule has 0 saturated heterocycles. The Balaban J connectivity index is 3.15. The minimum absolute atomic E-state index is 0.102. The average Bonchev–Trinajstić information content (AvgIpc) is 2.15. The number of halogens is 2. The summed E-state index contributed by atoms with van der Waals surface area (Å²) in [7, 11) is 1.26. The lowest BCUT2D eigenvalue weighted by atomic mass is 9.96. The van der Waals surface area contributed by atoms with E-state index < -0.39 is 23.5 Å². The SMILES string of the molecule is COc1c(F)cc(F)cc1C(C)CC(=O)O. The zero-order chi connectivity index (χ0) is 12.3. The summed E-state index contributed by atoms with van der Waals surface area (Å²) in [5, 5.41) is 8.62. The van der Waals surface area contributed by atoms with Crippen molar-refractivity contribution in [3.63, 3.8) is 0 Å². The first-order valence-corrected chi connectivity index (χ1v) is 4.70. The average molecular weight is 230 g/mol. The maximum Gasteiger partial charge on any atom is 0.303 e. The van der Waals surface area contributed by atoms with Crippen molar-refractivity contribution >= 4 is 5.97 Å². The Labute approximate surface area is 91.7 Å². The van der Waals surface area contributed by atoms with Crippen molar-refractivity contribution in [2.24, 2.45) is 0 Å². The van der Waals surface area contributed by atoms with Crippen LogP contribution in [-0.4, -0.2) is 18.2 Å². The maximum atomic E-state index is 13.3. The largest absolute Gasteiger partial charge is 0.493 e. The van der Waals surface area contributed by atoms with Gasteiger partial charge in [-0.05, 0) is 12.0 Å². The number of hydrogen-bond acceptors (Lipinski definition) is 2. The van der Waals surface area contributed by atoms with Gasteiger partial charge in [0.15, 0.2) is 11.6 Å². The second-order valence-corrected chi connectivity index (χ2v) is 3.51. The summed E-state index contributed by atoms with van der Waals surface area (Å²) in [4.78, 5) is 10.5. The molecular weight excluding hydrogens is 218 g/mol. The first-order valence-electron chi connectivity index (χ1n) is 4.70. The number of benzene rings is 1. The van der Waals surface area contributed by atoms with E-state index in [1.807, 2.05) is 0 Å². The lowest BCUT2D eigenvalue weighted by Crippen LogP contribution is -2.06. The van der Waals surface area contributed by atoms with Gasteiger partial charge in [0.05, 0.1) is 13.5 Å². The molecule has 16 heavy (non-hydrogen) atoms. The Bertz CT molecular complexity index is 404. The van der Waals surface area contributed by atoms with Crippen molar-refractivity contribution in [3.05, 3.63) is 29.3 Å². The third-order valence-electron chi connectivity index (χ3n) is 2.25. The van der Waals surface area contributed by atoms with Gasteiger partial charge >= 0.3 is 5.97 Å². The van der Waals surface area contributed by atoms with E-state index in [1.165, 1.54) is 7.11 Å². The van der Waals surface area contributed by atoms with Crippen LogP contribution in [0.1, 0.15) is 24.8 Å². The van der Waals surface area contributed by atoms with Crippen LogP contribution < -0.4 is 4.74 Å². The highest BCUT2D eigenvalue weighted by atomic mass is 19.1. The molecule has 0 spiro atoms. The fourth-order valence-corrected chi connectivity index (χ4v) is 1.53. The van der Waals surface area contributed by atoms with E-state index in [4.69, 9.17) is 9.84 Å². The Morgan fingerprint density at radius 2 is 2.12 bits per heavy atom. The molecule has 0 radical (unpaired) electrons. The second-order valence-electron chi connectivity index (χ2n) is 3.51. The normalized spacial score (nSPS) is 12.2. The van der Waals surface area contributed by atoms with Crippen LogP contribution >= 0.6 is 0 Å². The van der Waals surface area contributed by atoms with Crippen LogP contribution in [0.15, 0.2) is 12.1 Å². The molecule has 0 amide bonds. The quantitative estimate of drug-likeness (QED) is 0.864. The Morgan fingerprint density at radius 3 is 2.62 bits per heavy atom. The van der Waals surface area contributed by atoms with Gasteiger partial charge in [-0.25, -0.2) is 8.78 Å². The number of hydrogen-bond donors (Lipinski definition) is 1. The van der Waals surface area contributed by atoms with Crippen molar-refractivity contribution < 1.29 is 23.4 Å². The number of ether oxygens (including phenoxy) is 1. The highest BCUT2D eigenvalue weighted by molar-refractivity contribution is 5.68. The lowest BCUT2D eigenvalue weighted by Gasteiger charge is -2.14. The number of aliphatic carboxylic acids is 1. The highest BCUT2D eigenvalue weighted by Gasteiger charge is 2.19. The Morgan fingerprint density at radius 1 is 1.50 bits per heavy atom. The minimum Gasteiger partial charge on any atom is -0.493 e. The molecule has 0 aliphatic heterocycles. The minimum atomic E-state index is -1.03. The van der Waals surface area contributed by atoms with Crippen molar-refractivity contribution in [3.8, 4) is 5.75 Å². The summed E-state index contributed by atoms with van der Waals surface area (Å²) in [5.41, 5.74) is 0.224. The van der Waals surface area contributed by atoms with Crippen LogP contribution in [0, 0.1) is 11.6 Å². The highest BCUT2D eigenvalue weighted by Crippen LogP contribution is 2.31. The van der Waals surface area contributed by atoms with E-state index in [0.29, 0.717) is 6.07 Å². The molecule has 0 aliphatic carbocycles. The molecule has 1 unspecified atom stereocenters. The van der Waals surface area contributed by atoms with E-state index >= 15 is 0 Å². The molecule has 1 rings (SSSR count). The fraction of sp³-hybridized carbons (Fsp3) is 0.364. The van der Waals surface area contributed by atoms with Gasteiger partial charge in [0, 0.05) is 11.6 Å². The smallest absolute Gasteiger partial charge is 0.303 e. The Kier molecular flexibility index (Phi) is 3.82. The third kappa shape index (κ3) is 2.68. The van der Waals surface area contributed by atoms with Crippen molar-refractivity contribution in [1.82, 2.24) is 0 Å². The second kappa shape index (κ2) is 4.92. The summed E-state index contributed by atoms with van der Waals surface area (Å²) in [6.07, 6.45) is -0.209. The van der Waals surface area contributed by atoms with Crippen molar-refractivity contribution in [2.45, 2.75) is 19.3 Å². The molecule has 1 N–H and O–H groups in total. The summed E-state index contributed by atoms with van der Waals surface area (Å²) in [6.45, 7) is 1.57. The molecule has 0 aliphatic rings. The topological polar surface area (TPSA) is 46.5 Å². The predicted molar refractivity (Wildman–Crippen MR) is 53.6 cm³/mol. The first kappa shape index (κ1) is 12.4. The molecule has 1 aromatic rings. The molecule has 0 heterocycles. The van der Waals surface area contributed by atoms with Gasteiger partial charge in [-0.1, -0.05) is 6.92 Å². The van der Waals surface area contributed by atoms with Gasteiger partial charge in [0.2, 0.25) is 0 Å². The lowest BCUT2D eigenvalue weighted by molar-refractivity contribution is -0.137. The molecule has 1 atom stereocenters. The van der Waals surface area contributed by atoms with E-state index in [1.54, 1.807) is 6.92 Å². The third-order valence-corrected chi connectivity index (χ3v) is 2.25. The van der Waals surface area contributed by atoms with Gasteiger partial charge in [0.25, 0.3) is 0 Å². The van der Waals surface area contributed by atoms with Crippen LogP contribution in [-0.2, 0) is 4.79 Å². The number of methoxy groups -OCH3 is 1. The van der Waals surface area contributed by atoms with E-state index in [-0.39, 0.29) is 17.7 Å². The first-order chi connectivity index (χ1) is 7.45. The molecule has 1 aromatic carbocycles. The molecule has 3 nitrogen and oxygen atoms in total. The molecule has 88 valence electrons. The Hall–Kier alpha value is -1.65. The van der Waals surface area contributed by atoms with Crippen LogP contribution in [0.5, 0.6) is 5.75 Å². The van der Waals surface area contributed by atoms with Gasteiger partial charge in [-0.3, -0.25) is 4.79 Å². The van der Waals surface area contributed by atoms with E-state index in [9.17, 15) is 13.6 Å². The summed E-state index contributed by atoms with van der Waals surface area (Å²) in [6, 6.07) is 1.80. The van der Waals surface area contributed by atoms with E-state index in [2.05, 4.69) is 0 Å². The van der Waals surface area contributed by atoms with Gasteiger partial charge in [-0.2, -0.15) is 0 Å². The molecule has 5 heteroatoms. The van der Waals surface area contributed by atoms with Crippen molar-refractivity contribution in [2.75, 3.05) is 7.11 Å². The number of carbonyl (C=O) groups is 1. The van der Waals surface area contributed by atoms with Gasteiger partial charge in [-0.15, -0.1) is 0 Å². The van der Waals surface area contributed by atoms with Crippen LogP contribution in [0.2, 0.25) is 0 Å². The zero-order valence-corrected chi connectivity index (χ0v) is 8.96. The summed E-state index contributed by atoms with van der Waals surface area (Å²) >= 11 is 0. The van der Waals surface area contributed by atoms with Gasteiger partial charge in [0.1, 0.15) is 5.82 Å².